The average molecular weight is 387 g/mol. The van der Waals surface area contributed by atoms with Crippen molar-refractivity contribution in [2.45, 2.75) is 0 Å². The molecule has 0 fully saturated rings. The maximum absolute atomic E-state index is 10.2. The normalized spacial score (nSPS) is 11.4. The van der Waals surface area contributed by atoms with Crippen LogP contribution in [-0.4, -0.2) is 14.7 Å². The van der Waals surface area contributed by atoms with E-state index in [1.807, 2.05) is 97.1 Å². The molecule has 0 aliphatic rings. The third kappa shape index (κ3) is 3.62. The highest BCUT2D eigenvalue weighted by Gasteiger charge is 2.39. The molecule has 0 spiro atoms. The van der Waals surface area contributed by atoms with Crippen LogP contribution in [0.2, 0.25) is 0 Å². The Hall–Kier alpha value is -2.81. The highest BCUT2D eigenvalue weighted by molar-refractivity contribution is 7.67. The first-order chi connectivity index (χ1) is 13.6. The van der Waals surface area contributed by atoms with Crippen molar-refractivity contribution in [3.8, 4) is 33.4 Å². The van der Waals surface area contributed by atoms with E-state index >= 15 is 0 Å². The quantitative estimate of drug-likeness (QED) is 0.429. The molecule has 3 N–H and O–H groups in total. The molecular formula is C24H20O3P+. The minimum atomic E-state index is -4.23. The summed E-state index contributed by atoms with van der Waals surface area (Å²) in [6.45, 7) is 0. The van der Waals surface area contributed by atoms with E-state index in [-0.39, 0.29) is 5.30 Å². The molecule has 0 aliphatic heterocycles. The van der Waals surface area contributed by atoms with Crippen molar-refractivity contribution in [1.29, 1.82) is 0 Å². The van der Waals surface area contributed by atoms with Crippen LogP contribution in [0.1, 0.15) is 0 Å². The molecule has 0 unspecified atom stereocenters. The maximum atomic E-state index is 10.2. The van der Waals surface area contributed by atoms with Gasteiger partial charge in [-0.2, -0.15) is 14.7 Å². The van der Waals surface area contributed by atoms with E-state index in [0.717, 1.165) is 27.8 Å². The Balaban J connectivity index is 2.14. The SMILES string of the molecule is O[P+](O)(O)c1ccc(-c2ccccc2)c(-c2ccccc2)c1-c1ccccc1. The third-order valence-corrected chi connectivity index (χ3v) is 5.74. The Morgan fingerprint density at radius 2 is 0.857 bits per heavy atom. The molecule has 0 radical (unpaired) electrons. The van der Waals surface area contributed by atoms with E-state index < -0.39 is 7.94 Å². The molecule has 4 aromatic carbocycles. The van der Waals surface area contributed by atoms with Crippen LogP contribution < -0.4 is 5.30 Å². The second-order valence-electron chi connectivity index (χ2n) is 6.55. The fraction of sp³-hybridized carbons (Fsp3) is 0. The van der Waals surface area contributed by atoms with Gasteiger partial charge in [0.15, 0.2) is 5.30 Å². The summed E-state index contributed by atoms with van der Waals surface area (Å²) in [5, 5.41) is 0.150. The van der Waals surface area contributed by atoms with E-state index in [1.54, 1.807) is 6.07 Å². The lowest BCUT2D eigenvalue weighted by Gasteiger charge is -2.19. The molecule has 0 heterocycles. The van der Waals surface area contributed by atoms with Crippen LogP contribution in [-0.2, 0) is 0 Å². The van der Waals surface area contributed by atoms with Crippen LogP contribution >= 0.6 is 7.94 Å². The predicted molar refractivity (Wildman–Crippen MR) is 116 cm³/mol. The van der Waals surface area contributed by atoms with Crippen molar-refractivity contribution in [2.75, 3.05) is 0 Å². The first-order valence-electron chi connectivity index (χ1n) is 8.97. The van der Waals surface area contributed by atoms with Crippen LogP contribution in [0.25, 0.3) is 33.4 Å². The third-order valence-electron chi connectivity index (χ3n) is 4.72. The minimum absolute atomic E-state index is 0.150. The number of hydrogen-bond acceptors (Lipinski definition) is 3. The second-order valence-corrected chi connectivity index (χ2v) is 8.17. The number of hydrogen-bond donors (Lipinski definition) is 3. The molecule has 3 nitrogen and oxygen atoms in total. The molecule has 0 saturated carbocycles. The summed E-state index contributed by atoms with van der Waals surface area (Å²) in [4.78, 5) is 30.6. The Morgan fingerprint density at radius 3 is 1.32 bits per heavy atom. The van der Waals surface area contributed by atoms with Crippen LogP contribution in [0.3, 0.4) is 0 Å². The fourth-order valence-corrected chi connectivity index (χ4v) is 4.32. The van der Waals surface area contributed by atoms with Gasteiger partial charge in [0.05, 0.1) is 0 Å². The molecule has 4 heteroatoms. The maximum Gasteiger partial charge on any atom is 0.441 e. The monoisotopic (exact) mass is 387 g/mol. The van der Waals surface area contributed by atoms with Crippen molar-refractivity contribution >= 4 is 13.2 Å². The Bertz CT molecular complexity index is 1070. The summed E-state index contributed by atoms with van der Waals surface area (Å²) in [6.07, 6.45) is 0. The molecule has 138 valence electrons. The summed E-state index contributed by atoms with van der Waals surface area (Å²) in [5.74, 6) is 0. The first-order valence-corrected chi connectivity index (χ1v) is 10.6. The lowest BCUT2D eigenvalue weighted by molar-refractivity contribution is 0.347. The van der Waals surface area contributed by atoms with Crippen molar-refractivity contribution in [2.24, 2.45) is 0 Å². The molecule has 0 amide bonds. The Labute approximate surface area is 164 Å². The first kappa shape index (κ1) is 18.5. The van der Waals surface area contributed by atoms with Gasteiger partial charge >= 0.3 is 7.94 Å². The lowest BCUT2D eigenvalue weighted by Crippen LogP contribution is -2.14. The van der Waals surface area contributed by atoms with Gasteiger partial charge in [-0.1, -0.05) is 91.0 Å². The van der Waals surface area contributed by atoms with E-state index in [2.05, 4.69) is 0 Å². The molecule has 0 saturated heterocycles. The summed E-state index contributed by atoms with van der Waals surface area (Å²) in [7, 11) is -4.23. The van der Waals surface area contributed by atoms with Gasteiger partial charge in [-0.25, -0.2) is 0 Å². The smallest absolute Gasteiger partial charge is 0.189 e. The number of rotatable bonds is 4. The van der Waals surface area contributed by atoms with Gasteiger partial charge < -0.3 is 0 Å². The summed E-state index contributed by atoms with van der Waals surface area (Å²) in [5.41, 5.74) is 5.22. The molecule has 0 aliphatic carbocycles. The molecular weight excluding hydrogens is 367 g/mol. The van der Waals surface area contributed by atoms with E-state index in [9.17, 15) is 14.7 Å². The largest absolute Gasteiger partial charge is 0.441 e. The summed E-state index contributed by atoms with van der Waals surface area (Å²) in [6, 6.07) is 32.8. The fourth-order valence-electron chi connectivity index (χ4n) is 3.50. The van der Waals surface area contributed by atoms with E-state index in [0.29, 0.717) is 5.56 Å². The minimum Gasteiger partial charge on any atom is -0.189 e. The van der Waals surface area contributed by atoms with E-state index in [4.69, 9.17) is 0 Å². The lowest BCUT2D eigenvalue weighted by atomic mass is 9.87. The highest BCUT2D eigenvalue weighted by atomic mass is 31.2. The second kappa shape index (κ2) is 7.67. The van der Waals surface area contributed by atoms with Gasteiger partial charge in [0, 0.05) is 11.1 Å². The standard InChI is InChI=1S/C24H20O3P/c25-28(26,27)22-17-16-21(18-10-4-1-5-11-18)23(19-12-6-2-7-13-19)24(22)20-14-8-3-9-15-20/h1-17,25-27H/q+1. The average Bonchev–Trinajstić information content (AvgIpc) is 2.74. The molecule has 0 bridgehead atoms. The van der Waals surface area contributed by atoms with Crippen LogP contribution in [0.15, 0.2) is 103 Å². The Kier molecular flexibility index (Phi) is 5.08. The van der Waals surface area contributed by atoms with Gasteiger partial charge in [-0.15, -0.1) is 0 Å². The van der Waals surface area contributed by atoms with Crippen molar-refractivity contribution in [1.82, 2.24) is 0 Å². The van der Waals surface area contributed by atoms with Crippen LogP contribution in [0.5, 0.6) is 0 Å². The molecule has 0 aromatic heterocycles. The Morgan fingerprint density at radius 1 is 0.429 bits per heavy atom. The highest BCUT2D eigenvalue weighted by Crippen LogP contribution is 2.50. The van der Waals surface area contributed by atoms with Crippen molar-refractivity contribution in [3.63, 3.8) is 0 Å². The van der Waals surface area contributed by atoms with Gasteiger partial charge in [0.25, 0.3) is 0 Å². The van der Waals surface area contributed by atoms with Gasteiger partial charge in [0.1, 0.15) is 0 Å². The molecule has 28 heavy (non-hydrogen) atoms. The van der Waals surface area contributed by atoms with Gasteiger partial charge in [-0.3, -0.25) is 0 Å². The zero-order chi connectivity index (χ0) is 19.6. The topological polar surface area (TPSA) is 60.7 Å². The zero-order valence-electron chi connectivity index (χ0n) is 15.1. The van der Waals surface area contributed by atoms with Gasteiger partial charge in [0.2, 0.25) is 0 Å². The molecule has 4 rings (SSSR count). The van der Waals surface area contributed by atoms with Crippen LogP contribution in [0, 0.1) is 0 Å². The predicted octanol–water partition coefficient (Wildman–Crippen LogP) is 5.05. The van der Waals surface area contributed by atoms with E-state index in [1.165, 1.54) is 0 Å². The van der Waals surface area contributed by atoms with Crippen LogP contribution in [0.4, 0.5) is 0 Å². The van der Waals surface area contributed by atoms with Gasteiger partial charge in [-0.05, 0) is 34.4 Å². The summed E-state index contributed by atoms with van der Waals surface area (Å²) >= 11 is 0. The molecule has 0 atom stereocenters. The summed E-state index contributed by atoms with van der Waals surface area (Å²) < 4.78 is 0. The zero-order valence-corrected chi connectivity index (χ0v) is 16.0. The number of benzene rings is 4. The van der Waals surface area contributed by atoms with Crippen molar-refractivity contribution < 1.29 is 14.7 Å². The molecule has 4 aromatic rings. The van der Waals surface area contributed by atoms with Crippen molar-refractivity contribution in [3.05, 3.63) is 103 Å².